The normalized spacial score (nSPS) is 10.7. The van der Waals surface area contributed by atoms with Crippen LogP contribution in [0.15, 0.2) is 43.0 Å². The van der Waals surface area contributed by atoms with Gasteiger partial charge in [0.25, 0.3) is 5.91 Å². The van der Waals surface area contributed by atoms with Gasteiger partial charge in [0, 0.05) is 36.0 Å². The second-order valence-corrected chi connectivity index (χ2v) is 4.60. The number of hydrogen-bond donors (Lipinski definition) is 2. The number of halogens is 1. The molecule has 0 fully saturated rings. The Morgan fingerprint density at radius 1 is 1.33 bits per heavy atom. The lowest BCUT2D eigenvalue weighted by molar-refractivity contribution is 0.0949. The lowest BCUT2D eigenvalue weighted by Crippen LogP contribution is -2.26. The molecule has 0 spiro atoms. The Hall–Kier alpha value is -2.76. The molecule has 1 aromatic carbocycles. The number of carbonyl (C=O) groups is 1. The van der Waals surface area contributed by atoms with Crippen LogP contribution in [0.4, 0.5) is 4.39 Å². The first-order valence-corrected chi connectivity index (χ1v) is 6.54. The zero-order valence-electron chi connectivity index (χ0n) is 11.1. The Bertz CT molecular complexity index is 770. The molecule has 1 amide bonds. The highest BCUT2D eigenvalue weighted by molar-refractivity contribution is 5.91. The third-order valence-electron chi connectivity index (χ3n) is 3.21. The van der Waals surface area contributed by atoms with Crippen molar-refractivity contribution in [1.29, 1.82) is 0 Å². The Morgan fingerprint density at radius 3 is 3.05 bits per heavy atom. The number of benzene rings is 1. The molecule has 2 aromatic heterocycles. The lowest BCUT2D eigenvalue weighted by Gasteiger charge is -2.03. The SMILES string of the molecule is O=C(NCCc1c[nH]c2ccc(F)cc12)c1cnccn1. The first-order chi connectivity index (χ1) is 10.2. The van der Waals surface area contributed by atoms with Crippen LogP contribution in [0.3, 0.4) is 0 Å². The summed E-state index contributed by atoms with van der Waals surface area (Å²) in [6, 6.07) is 4.61. The molecular formula is C15H13FN4O. The number of fused-ring (bicyclic) bond motifs is 1. The molecular weight excluding hydrogens is 271 g/mol. The van der Waals surface area contributed by atoms with Crippen LogP contribution in [-0.2, 0) is 6.42 Å². The maximum Gasteiger partial charge on any atom is 0.271 e. The maximum absolute atomic E-state index is 13.3. The largest absolute Gasteiger partial charge is 0.361 e. The van der Waals surface area contributed by atoms with E-state index in [-0.39, 0.29) is 17.4 Å². The van der Waals surface area contributed by atoms with Crippen molar-refractivity contribution >= 4 is 16.8 Å². The summed E-state index contributed by atoms with van der Waals surface area (Å²) in [7, 11) is 0. The topological polar surface area (TPSA) is 70.7 Å². The summed E-state index contributed by atoms with van der Waals surface area (Å²) < 4.78 is 13.3. The van der Waals surface area contributed by atoms with Gasteiger partial charge in [0.1, 0.15) is 11.5 Å². The number of aromatic nitrogens is 3. The fourth-order valence-corrected chi connectivity index (χ4v) is 2.18. The van der Waals surface area contributed by atoms with Crippen LogP contribution in [0.5, 0.6) is 0 Å². The van der Waals surface area contributed by atoms with Gasteiger partial charge in [-0.3, -0.25) is 9.78 Å². The van der Waals surface area contributed by atoms with E-state index in [4.69, 9.17) is 0 Å². The smallest absolute Gasteiger partial charge is 0.271 e. The highest BCUT2D eigenvalue weighted by Crippen LogP contribution is 2.19. The minimum absolute atomic E-state index is 0.269. The summed E-state index contributed by atoms with van der Waals surface area (Å²) in [6.07, 6.45) is 6.83. The average molecular weight is 284 g/mol. The van der Waals surface area contributed by atoms with Gasteiger partial charge in [0.2, 0.25) is 0 Å². The lowest BCUT2D eigenvalue weighted by atomic mass is 10.1. The zero-order chi connectivity index (χ0) is 14.7. The molecule has 0 radical (unpaired) electrons. The van der Waals surface area contributed by atoms with E-state index in [0.29, 0.717) is 13.0 Å². The predicted octanol–water partition coefficient (Wildman–Crippen LogP) is 2.07. The highest BCUT2D eigenvalue weighted by atomic mass is 19.1. The first kappa shape index (κ1) is 13.2. The molecule has 0 aliphatic heterocycles. The molecule has 5 nitrogen and oxygen atoms in total. The number of H-pyrrole nitrogens is 1. The van der Waals surface area contributed by atoms with Crippen molar-refractivity contribution in [2.75, 3.05) is 6.54 Å². The van der Waals surface area contributed by atoms with Crippen LogP contribution in [0.1, 0.15) is 16.1 Å². The Balaban J connectivity index is 1.65. The van der Waals surface area contributed by atoms with Gasteiger partial charge in [-0.2, -0.15) is 0 Å². The summed E-state index contributed by atoms with van der Waals surface area (Å²) in [4.78, 5) is 22.7. The van der Waals surface area contributed by atoms with Crippen LogP contribution < -0.4 is 5.32 Å². The first-order valence-electron chi connectivity index (χ1n) is 6.54. The summed E-state index contributed by atoms with van der Waals surface area (Å²) in [6.45, 7) is 0.443. The maximum atomic E-state index is 13.3. The molecule has 0 bridgehead atoms. The van der Waals surface area contributed by atoms with Crippen molar-refractivity contribution in [3.05, 3.63) is 60.1 Å². The van der Waals surface area contributed by atoms with Crippen molar-refractivity contribution in [1.82, 2.24) is 20.3 Å². The van der Waals surface area contributed by atoms with Crippen LogP contribution in [-0.4, -0.2) is 27.4 Å². The van der Waals surface area contributed by atoms with E-state index in [1.165, 1.54) is 30.7 Å². The second kappa shape index (κ2) is 5.70. The Labute approximate surface area is 120 Å². The fraction of sp³-hybridized carbons (Fsp3) is 0.133. The summed E-state index contributed by atoms with van der Waals surface area (Å²) >= 11 is 0. The number of nitrogens with zero attached hydrogens (tertiary/aromatic N) is 2. The van der Waals surface area contributed by atoms with Crippen molar-refractivity contribution in [2.45, 2.75) is 6.42 Å². The molecule has 0 saturated heterocycles. The average Bonchev–Trinajstić information content (AvgIpc) is 2.90. The van der Waals surface area contributed by atoms with Gasteiger partial charge in [-0.05, 0) is 30.2 Å². The summed E-state index contributed by atoms with van der Waals surface area (Å²) in [5.74, 6) is -0.541. The van der Waals surface area contributed by atoms with Crippen LogP contribution in [0, 0.1) is 5.82 Å². The molecule has 0 aliphatic rings. The molecule has 21 heavy (non-hydrogen) atoms. The van der Waals surface area contributed by atoms with Crippen molar-refractivity contribution < 1.29 is 9.18 Å². The number of carbonyl (C=O) groups excluding carboxylic acids is 1. The number of amides is 1. The van der Waals surface area contributed by atoms with Crippen LogP contribution in [0.2, 0.25) is 0 Å². The van der Waals surface area contributed by atoms with Gasteiger partial charge >= 0.3 is 0 Å². The van der Waals surface area contributed by atoms with Crippen LogP contribution in [0.25, 0.3) is 10.9 Å². The van der Waals surface area contributed by atoms with Crippen molar-refractivity contribution in [3.8, 4) is 0 Å². The summed E-state index contributed by atoms with van der Waals surface area (Å²) in [5.41, 5.74) is 2.12. The molecule has 2 heterocycles. The predicted molar refractivity (Wildman–Crippen MR) is 76.3 cm³/mol. The van der Waals surface area contributed by atoms with Gasteiger partial charge in [0.05, 0.1) is 6.20 Å². The van der Waals surface area contributed by atoms with E-state index in [0.717, 1.165) is 16.5 Å². The quantitative estimate of drug-likeness (QED) is 0.770. The fourth-order valence-electron chi connectivity index (χ4n) is 2.18. The van der Waals surface area contributed by atoms with Gasteiger partial charge in [0.15, 0.2) is 0 Å². The van der Waals surface area contributed by atoms with Gasteiger partial charge in [-0.1, -0.05) is 0 Å². The van der Waals surface area contributed by atoms with E-state index in [1.54, 1.807) is 6.07 Å². The molecule has 106 valence electrons. The van der Waals surface area contributed by atoms with Crippen LogP contribution >= 0.6 is 0 Å². The Morgan fingerprint density at radius 2 is 2.24 bits per heavy atom. The summed E-state index contributed by atoms with van der Waals surface area (Å²) in [5, 5.41) is 3.60. The Kier molecular flexibility index (Phi) is 3.59. The van der Waals surface area contributed by atoms with E-state index >= 15 is 0 Å². The third-order valence-corrected chi connectivity index (χ3v) is 3.21. The van der Waals surface area contributed by atoms with Gasteiger partial charge in [-0.25, -0.2) is 9.37 Å². The molecule has 0 aliphatic carbocycles. The van der Waals surface area contributed by atoms with Gasteiger partial charge in [-0.15, -0.1) is 0 Å². The molecule has 0 atom stereocenters. The van der Waals surface area contributed by atoms with Crippen molar-refractivity contribution in [3.63, 3.8) is 0 Å². The standard InChI is InChI=1S/C15H13FN4O/c16-11-1-2-13-12(7-11)10(8-20-13)3-4-19-15(21)14-9-17-5-6-18-14/h1-2,5-9,20H,3-4H2,(H,19,21). The van der Waals surface area contributed by atoms with Gasteiger partial charge < -0.3 is 10.3 Å². The minimum atomic E-state index is -0.271. The second-order valence-electron chi connectivity index (χ2n) is 4.60. The van der Waals surface area contributed by atoms with E-state index in [2.05, 4.69) is 20.3 Å². The highest BCUT2D eigenvalue weighted by Gasteiger charge is 2.08. The molecule has 3 aromatic rings. The number of nitrogens with one attached hydrogen (secondary N) is 2. The molecule has 0 unspecified atom stereocenters. The van der Waals surface area contributed by atoms with E-state index < -0.39 is 0 Å². The minimum Gasteiger partial charge on any atom is -0.361 e. The molecule has 3 rings (SSSR count). The molecule has 6 heteroatoms. The zero-order valence-corrected chi connectivity index (χ0v) is 11.1. The molecule has 2 N–H and O–H groups in total. The van der Waals surface area contributed by atoms with E-state index in [9.17, 15) is 9.18 Å². The number of hydrogen-bond acceptors (Lipinski definition) is 3. The van der Waals surface area contributed by atoms with Crippen molar-refractivity contribution in [2.24, 2.45) is 0 Å². The third kappa shape index (κ3) is 2.89. The number of aromatic amines is 1. The monoisotopic (exact) mass is 284 g/mol. The van der Waals surface area contributed by atoms with E-state index in [1.807, 2.05) is 6.20 Å². The molecule has 0 saturated carbocycles. The number of rotatable bonds is 4.